The minimum atomic E-state index is 0.412. The molecule has 0 saturated heterocycles. The van der Waals surface area contributed by atoms with Crippen LogP contribution in [0.1, 0.15) is 34.2 Å². The standard InChI is InChI=1S/C19H21NO2/c1-20-11-16-13-7-5-4-6-12(13)8-17(20)15-10-19(22-3)18(21-2)9-14(15)16/h4-7,9-10,16-17H,8,11H2,1-3H3/t16-,17+/m0/s1. The Balaban J connectivity index is 1.96. The van der Waals surface area contributed by atoms with E-state index in [0.29, 0.717) is 12.0 Å². The molecule has 3 heteroatoms. The highest BCUT2D eigenvalue weighted by Gasteiger charge is 2.37. The van der Waals surface area contributed by atoms with Crippen LogP contribution in [0.2, 0.25) is 0 Å². The summed E-state index contributed by atoms with van der Waals surface area (Å²) in [6.07, 6.45) is 1.06. The third kappa shape index (κ3) is 1.85. The van der Waals surface area contributed by atoms with Crippen molar-refractivity contribution < 1.29 is 9.47 Å². The molecule has 114 valence electrons. The maximum Gasteiger partial charge on any atom is 0.161 e. The quantitative estimate of drug-likeness (QED) is 0.848. The van der Waals surface area contributed by atoms with Crippen molar-refractivity contribution >= 4 is 0 Å². The minimum Gasteiger partial charge on any atom is -0.493 e. The predicted molar refractivity (Wildman–Crippen MR) is 86.9 cm³/mol. The molecule has 1 aliphatic carbocycles. The highest BCUT2D eigenvalue weighted by molar-refractivity contribution is 5.56. The highest BCUT2D eigenvalue weighted by Crippen LogP contribution is 2.48. The second-order valence-electron chi connectivity index (χ2n) is 6.25. The highest BCUT2D eigenvalue weighted by atomic mass is 16.5. The van der Waals surface area contributed by atoms with Crippen LogP contribution in [-0.4, -0.2) is 32.7 Å². The Bertz CT molecular complexity index is 725. The molecular formula is C19H21NO2. The third-order valence-electron chi connectivity index (χ3n) is 5.17. The van der Waals surface area contributed by atoms with Crippen LogP contribution in [0.25, 0.3) is 0 Å². The molecule has 0 radical (unpaired) electrons. The van der Waals surface area contributed by atoms with Crippen molar-refractivity contribution in [3.05, 3.63) is 58.7 Å². The molecule has 3 aliphatic rings. The summed E-state index contributed by atoms with van der Waals surface area (Å²) >= 11 is 0. The molecule has 0 amide bonds. The van der Waals surface area contributed by atoms with E-state index in [0.717, 1.165) is 24.5 Å². The van der Waals surface area contributed by atoms with Crippen molar-refractivity contribution in [3.63, 3.8) is 0 Å². The normalized spacial score (nSPS) is 22.7. The first-order chi connectivity index (χ1) is 10.7. The van der Waals surface area contributed by atoms with E-state index in [1.165, 1.54) is 22.3 Å². The lowest BCUT2D eigenvalue weighted by molar-refractivity contribution is 0.225. The van der Waals surface area contributed by atoms with Crippen molar-refractivity contribution in [3.8, 4) is 11.5 Å². The molecule has 2 atom stereocenters. The lowest BCUT2D eigenvalue weighted by Crippen LogP contribution is -2.33. The molecule has 2 aromatic rings. The van der Waals surface area contributed by atoms with Gasteiger partial charge in [0.1, 0.15) is 0 Å². The Morgan fingerprint density at radius 2 is 1.64 bits per heavy atom. The van der Waals surface area contributed by atoms with Crippen LogP contribution in [0.5, 0.6) is 11.5 Å². The molecule has 2 aromatic carbocycles. The zero-order valence-electron chi connectivity index (χ0n) is 13.3. The van der Waals surface area contributed by atoms with Gasteiger partial charge in [0.25, 0.3) is 0 Å². The van der Waals surface area contributed by atoms with Crippen LogP contribution < -0.4 is 9.47 Å². The number of fused-ring (bicyclic) bond motifs is 1. The Labute approximate surface area is 131 Å². The summed E-state index contributed by atoms with van der Waals surface area (Å²) in [6, 6.07) is 13.6. The number of methoxy groups -OCH3 is 2. The van der Waals surface area contributed by atoms with Crippen molar-refractivity contribution in [1.82, 2.24) is 4.90 Å². The molecule has 0 N–H and O–H groups in total. The maximum atomic E-state index is 5.53. The Morgan fingerprint density at radius 3 is 2.36 bits per heavy atom. The molecule has 0 saturated carbocycles. The largest absolute Gasteiger partial charge is 0.493 e. The molecule has 0 unspecified atom stereocenters. The van der Waals surface area contributed by atoms with Gasteiger partial charge in [-0.05, 0) is 47.9 Å². The van der Waals surface area contributed by atoms with Crippen LogP contribution in [0, 0.1) is 0 Å². The fourth-order valence-electron chi connectivity index (χ4n) is 4.05. The molecule has 2 aliphatic heterocycles. The van der Waals surface area contributed by atoms with E-state index in [1.807, 2.05) is 0 Å². The number of hydrogen-bond acceptors (Lipinski definition) is 3. The second-order valence-corrected chi connectivity index (χ2v) is 6.25. The first-order valence-electron chi connectivity index (χ1n) is 7.76. The average molecular weight is 295 g/mol. The van der Waals surface area contributed by atoms with Crippen LogP contribution in [-0.2, 0) is 6.42 Å². The van der Waals surface area contributed by atoms with E-state index >= 15 is 0 Å². The van der Waals surface area contributed by atoms with Crippen molar-refractivity contribution in [2.24, 2.45) is 0 Å². The van der Waals surface area contributed by atoms with Gasteiger partial charge in [-0.3, -0.25) is 4.90 Å². The number of likely N-dealkylation sites (N-methyl/N-ethyl adjacent to an activating group) is 1. The lowest BCUT2D eigenvalue weighted by atomic mass is 9.84. The average Bonchev–Trinajstić information content (AvgIpc) is 2.78. The molecular weight excluding hydrogens is 274 g/mol. The molecule has 2 bridgehead atoms. The lowest BCUT2D eigenvalue weighted by Gasteiger charge is -2.36. The monoisotopic (exact) mass is 295 g/mol. The fraction of sp³-hybridized carbons (Fsp3) is 0.368. The zero-order valence-corrected chi connectivity index (χ0v) is 13.3. The molecule has 5 rings (SSSR count). The SMILES string of the molecule is COc1cc2c(cc1OC)[C@H]1Cc3ccccc3[C@@H]2CN1C. The molecule has 2 heterocycles. The fourth-order valence-corrected chi connectivity index (χ4v) is 4.05. The van der Waals surface area contributed by atoms with Gasteiger partial charge < -0.3 is 9.47 Å². The van der Waals surface area contributed by atoms with E-state index in [-0.39, 0.29) is 0 Å². The Hall–Kier alpha value is -2.00. The first kappa shape index (κ1) is 13.6. The van der Waals surface area contributed by atoms with E-state index in [1.54, 1.807) is 14.2 Å². The minimum absolute atomic E-state index is 0.412. The van der Waals surface area contributed by atoms with Gasteiger partial charge >= 0.3 is 0 Å². The van der Waals surface area contributed by atoms with Gasteiger partial charge in [-0.2, -0.15) is 0 Å². The molecule has 3 nitrogen and oxygen atoms in total. The Kier molecular flexibility index (Phi) is 3.12. The third-order valence-corrected chi connectivity index (χ3v) is 5.17. The number of ether oxygens (including phenoxy) is 2. The summed E-state index contributed by atoms with van der Waals surface area (Å²) in [7, 11) is 5.64. The van der Waals surface area contributed by atoms with Gasteiger partial charge in [0.15, 0.2) is 11.5 Å². The summed E-state index contributed by atoms with van der Waals surface area (Å²) < 4.78 is 11.0. The summed E-state index contributed by atoms with van der Waals surface area (Å²) in [5.41, 5.74) is 5.71. The second kappa shape index (κ2) is 5.03. The number of nitrogens with zero attached hydrogens (tertiary/aromatic N) is 1. The van der Waals surface area contributed by atoms with Gasteiger partial charge in [-0.25, -0.2) is 0 Å². The van der Waals surface area contributed by atoms with Crippen molar-refractivity contribution in [2.75, 3.05) is 27.8 Å². The van der Waals surface area contributed by atoms with E-state index in [9.17, 15) is 0 Å². The van der Waals surface area contributed by atoms with Crippen LogP contribution in [0.4, 0.5) is 0 Å². The van der Waals surface area contributed by atoms with Gasteiger partial charge in [-0.1, -0.05) is 24.3 Å². The van der Waals surface area contributed by atoms with E-state index in [4.69, 9.17) is 9.47 Å². The molecule has 0 fully saturated rings. The smallest absolute Gasteiger partial charge is 0.161 e. The Morgan fingerprint density at radius 1 is 0.955 bits per heavy atom. The molecule has 0 spiro atoms. The van der Waals surface area contributed by atoms with E-state index in [2.05, 4.69) is 48.3 Å². The predicted octanol–water partition coefficient (Wildman–Crippen LogP) is 3.38. The van der Waals surface area contributed by atoms with Crippen molar-refractivity contribution in [1.29, 1.82) is 0 Å². The number of hydrogen-bond donors (Lipinski definition) is 0. The van der Waals surface area contributed by atoms with Gasteiger partial charge in [0.05, 0.1) is 14.2 Å². The molecule has 22 heavy (non-hydrogen) atoms. The van der Waals surface area contributed by atoms with Gasteiger partial charge in [0.2, 0.25) is 0 Å². The van der Waals surface area contributed by atoms with Crippen LogP contribution in [0.3, 0.4) is 0 Å². The van der Waals surface area contributed by atoms with Crippen LogP contribution in [0.15, 0.2) is 36.4 Å². The van der Waals surface area contributed by atoms with Gasteiger partial charge in [-0.15, -0.1) is 0 Å². The van der Waals surface area contributed by atoms with Gasteiger partial charge in [0, 0.05) is 18.5 Å². The van der Waals surface area contributed by atoms with E-state index < -0.39 is 0 Å². The topological polar surface area (TPSA) is 21.7 Å². The summed E-state index contributed by atoms with van der Waals surface area (Å²) in [4.78, 5) is 2.47. The molecule has 0 aromatic heterocycles. The number of benzene rings is 2. The summed E-state index contributed by atoms with van der Waals surface area (Å²) in [5, 5.41) is 0. The summed E-state index contributed by atoms with van der Waals surface area (Å²) in [5.74, 6) is 2.06. The first-order valence-corrected chi connectivity index (χ1v) is 7.76. The number of rotatable bonds is 2. The maximum absolute atomic E-state index is 5.53. The van der Waals surface area contributed by atoms with Crippen molar-refractivity contribution in [2.45, 2.75) is 18.4 Å². The van der Waals surface area contributed by atoms with Crippen LogP contribution >= 0.6 is 0 Å². The summed E-state index contributed by atoms with van der Waals surface area (Å²) in [6.45, 7) is 1.06. The zero-order chi connectivity index (χ0) is 15.3.